The Labute approximate surface area is 177 Å². The van der Waals surface area contributed by atoms with E-state index in [2.05, 4.69) is 38.9 Å². The Morgan fingerprint density at radius 2 is 1.97 bits per heavy atom. The van der Waals surface area contributed by atoms with Gasteiger partial charge < -0.3 is 19.9 Å². The molecule has 1 aliphatic heterocycles. The van der Waals surface area contributed by atoms with Crippen LogP contribution in [0, 0.1) is 5.92 Å². The largest absolute Gasteiger partial charge is 0.453 e. The minimum Gasteiger partial charge on any atom is -0.453 e. The molecule has 0 saturated carbocycles. The smallest absolute Gasteiger partial charge is 0.407 e. The van der Waals surface area contributed by atoms with Gasteiger partial charge in [-0.25, -0.2) is 9.78 Å². The van der Waals surface area contributed by atoms with Crippen LogP contribution in [-0.2, 0) is 9.53 Å². The van der Waals surface area contributed by atoms with Crippen molar-refractivity contribution >= 4 is 12.0 Å². The fourth-order valence-corrected chi connectivity index (χ4v) is 3.75. The van der Waals surface area contributed by atoms with Gasteiger partial charge in [0.05, 0.1) is 25.0 Å². The summed E-state index contributed by atoms with van der Waals surface area (Å²) >= 11 is 0. The molecule has 1 fully saturated rings. The molecule has 2 aromatic rings. The number of H-pyrrole nitrogens is 1. The number of carbonyl (C=O) groups excluding carboxylic acids is 2. The molecule has 2 atom stereocenters. The molecule has 2 unspecified atom stereocenters. The summed E-state index contributed by atoms with van der Waals surface area (Å²) in [4.78, 5) is 39.2. The second-order valence-electron chi connectivity index (χ2n) is 8.36. The van der Waals surface area contributed by atoms with Gasteiger partial charge >= 0.3 is 6.09 Å². The van der Waals surface area contributed by atoms with E-state index in [9.17, 15) is 9.59 Å². The summed E-state index contributed by atoms with van der Waals surface area (Å²) in [6.07, 6.45) is 4.75. The van der Waals surface area contributed by atoms with E-state index < -0.39 is 12.1 Å². The molecule has 8 heteroatoms. The Hall–Kier alpha value is -2.90. The second-order valence-corrected chi connectivity index (χ2v) is 8.36. The van der Waals surface area contributed by atoms with Gasteiger partial charge in [0.15, 0.2) is 0 Å². The van der Waals surface area contributed by atoms with Gasteiger partial charge in [-0.1, -0.05) is 27.7 Å². The van der Waals surface area contributed by atoms with Crippen molar-refractivity contribution in [3.8, 4) is 11.3 Å². The number of ether oxygens (including phenoxy) is 1. The van der Waals surface area contributed by atoms with Gasteiger partial charge in [-0.2, -0.15) is 0 Å². The fraction of sp³-hybridized carbons (Fsp3) is 0.545. The van der Waals surface area contributed by atoms with Crippen LogP contribution in [-0.4, -0.2) is 51.5 Å². The number of carbonyl (C=O) groups is 2. The van der Waals surface area contributed by atoms with Gasteiger partial charge in [0.25, 0.3) is 0 Å². The highest BCUT2D eigenvalue weighted by Crippen LogP contribution is 2.32. The molecule has 0 aromatic carbocycles. The lowest BCUT2D eigenvalue weighted by atomic mass is 10.0. The van der Waals surface area contributed by atoms with Crippen LogP contribution >= 0.6 is 0 Å². The first kappa shape index (κ1) is 21.8. The number of aromatic nitrogens is 3. The van der Waals surface area contributed by atoms with Crippen LogP contribution in [0.4, 0.5) is 4.79 Å². The summed E-state index contributed by atoms with van der Waals surface area (Å²) in [5, 5.41) is 2.67. The number of pyridine rings is 1. The van der Waals surface area contributed by atoms with Crippen LogP contribution in [0.2, 0.25) is 0 Å². The zero-order valence-corrected chi connectivity index (χ0v) is 18.3. The summed E-state index contributed by atoms with van der Waals surface area (Å²) in [5.74, 6) is 0.959. The average Bonchev–Trinajstić information content (AvgIpc) is 3.40. The zero-order valence-electron chi connectivity index (χ0n) is 18.3. The van der Waals surface area contributed by atoms with Crippen molar-refractivity contribution in [2.24, 2.45) is 5.92 Å². The van der Waals surface area contributed by atoms with Crippen LogP contribution in [0.15, 0.2) is 24.5 Å². The number of amides is 2. The normalized spacial score (nSPS) is 17.4. The fourth-order valence-electron chi connectivity index (χ4n) is 3.75. The van der Waals surface area contributed by atoms with Crippen molar-refractivity contribution in [2.75, 3.05) is 13.7 Å². The molecule has 3 heterocycles. The molecule has 0 bridgehead atoms. The third-order valence-electron chi connectivity index (χ3n) is 5.53. The quantitative estimate of drug-likeness (QED) is 0.753. The molecule has 162 valence electrons. The van der Waals surface area contributed by atoms with Crippen molar-refractivity contribution < 1.29 is 14.3 Å². The second kappa shape index (κ2) is 9.28. The van der Waals surface area contributed by atoms with Crippen molar-refractivity contribution in [2.45, 2.75) is 58.5 Å². The van der Waals surface area contributed by atoms with Gasteiger partial charge in [0.1, 0.15) is 11.9 Å². The Bertz CT molecular complexity index is 875. The van der Waals surface area contributed by atoms with Crippen molar-refractivity contribution in [1.29, 1.82) is 0 Å². The Morgan fingerprint density at radius 3 is 2.57 bits per heavy atom. The number of hydrogen-bond acceptors (Lipinski definition) is 5. The molecule has 3 rings (SSSR count). The Morgan fingerprint density at radius 1 is 1.20 bits per heavy atom. The predicted molar refractivity (Wildman–Crippen MR) is 114 cm³/mol. The van der Waals surface area contributed by atoms with Crippen LogP contribution in [0.25, 0.3) is 11.3 Å². The van der Waals surface area contributed by atoms with E-state index in [1.807, 2.05) is 37.1 Å². The monoisotopic (exact) mass is 413 g/mol. The number of imidazole rings is 1. The molecule has 1 saturated heterocycles. The maximum absolute atomic E-state index is 13.2. The lowest BCUT2D eigenvalue weighted by Crippen LogP contribution is -2.51. The van der Waals surface area contributed by atoms with Gasteiger partial charge in [-0.05, 0) is 36.8 Å². The summed E-state index contributed by atoms with van der Waals surface area (Å²) in [6, 6.07) is 3.28. The maximum atomic E-state index is 13.2. The molecule has 1 aliphatic rings. The number of aromatic amines is 1. The van der Waals surface area contributed by atoms with Gasteiger partial charge in [0.2, 0.25) is 5.91 Å². The number of rotatable bonds is 6. The molecule has 2 N–H and O–H groups in total. The first-order valence-corrected chi connectivity index (χ1v) is 10.5. The van der Waals surface area contributed by atoms with E-state index in [0.717, 1.165) is 35.6 Å². The predicted octanol–water partition coefficient (Wildman–Crippen LogP) is 3.64. The molecular weight excluding hydrogens is 382 g/mol. The molecule has 0 spiro atoms. The topological polar surface area (TPSA) is 100 Å². The summed E-state index contributed by atoms with van der Waals surface area (Å²) in [7, 11) is 1.29. The molecule has 0 aliphatic carbocycles. The SMILES string of the molecule is COC(=O)NC(C(=O)N1CCCC1c1ncc(-c2ccc(C(C)C)nc2)[nH]1)C(C)C. The number of nitrogens with zero attached hydrogens (tertiary/aromatic N) is 3. The van der Waals surface area contributed by atoms with Crippen LogP contribution in [0.5, 0.6) is 0 Å². The van der Waals surface area contributed by atoms with Crippen LogP contribution in [0.3, 0.4) is 0 Å². The summed E-state index contributed by atoms with van der Waals surface area (Å²) in [5.41, 5.74) is 2.88. The summed E-state index contributed by atoms with van der Waals surface area (Å²) < 4.78 is 4.69. The van der Waals surface area contributed by atoms with Crippen molar-refractivity contribution in [1.82, 2.24) is 25.2 Å². The maximum Gasteiger partial charge on any atom is 0.407 e. The first-order valence-electron chi connectivity index (χ1n) is 10.5. The summed E-state index contributed by atoms with van der Waals surface area (Å²) in [6.45, 7) is 8.67. The van der Waals surface area contributed by atoms with Gasteiger partial charge in [-0.3, -0.25) is 9.78 Å². The lowest BCUT2D eigenvalue weighted by molar-refractivity contribution is -0.135. The van der Waals surface area contributed by atoms with Crippen molar-refractivity contribution in [3.63, 3.8) is 0 Å². The van der Waals surface area contributed by atoms with Crippen LogP contribution in [0.1, 0.15) is 64.0 Å². The van der Waals surface area contributed by atoms with E-state index in [1.165, 1.54) is 7.11 Å². The van der Waals surface area contributed by atoms with Crippen molar-refractivity contribution in [3.05, 3.63) is 36.0 Å². The molecular formula is C22H31N5O3. The average molecular weight is 414 g/mol. The number of alkyl carbamates (subject to hydrolysis) is 1. The van der Waals surface area contributed by atoms with E-state index in [-0.39, 0.29) is 17.9 Å². The minimum atomic E-state index is -0.639. The number of nitrogens with one attached hydrogen (secondary N) is 2. The van der Waals surface area contributed by atoms with Crippen LogP contribution < -0.4 is 5.32 Å². The first-order chi connectivity index (χ1) is 14.3. The highest BCUT2D eigenvalue weighted by molar-refractivity contribution is 5.86. The van der Waals surface area contributed by atoms with E-state index >= 15 is 0 Å². The molecule has 2 aromatic heterocycles. The minimum absolute atomic E-state index is 0.0597. The Balaban J connectivity index is 1.78. The third kappa shape index (κ3) is 4.63. The zero-order chi connectivity index (χ0) is 21.8. The number of hydrogen-bond donors (Lipinski definition) is 2. The molecule has 0 radical (unpaired) electrons. The van der Waals surface area contributed by atoms with Gasteiger partial charge in [0, 0.05) is 24.0 Å². The van der Waals surface area contributed by atoms with E-state index in [4.69, 9.17) is 0 Å². The van der Waals surface area contributed by atoms with Gasteiger partial charge in [-0.15, -0.1) is 0 Å². The third-order valence-corrected chi connectivity index (χ3v) is 5.53. The molecule has 8 nitrogen and oxygen atoms in total. The molecule has 30 heavy (non-hydrogen) atoms. The standard InChI is InChI=1S/C22H31N5O3/c1-13(2)16-9-8-15(11-23-16)17-12-24-20(25-17)18-7-6-10-27(18)21(28)19(14(3)4)26-22(29)30-5/h8-9,11-14,18-19H,6-7,10H2,1-5H3,(H,24,25)(H,26,29). The number of methoxy groups -OCH3 is 1. The van der Waals surface area contributed by atoms with E-state index in [0.29, 0.717) is 12.5 Å². The Kier molecular flexibility index (Phi) is 6.74. The lowest BCUT2D eigenvalue weighted by Gasteiger charge is -2.30. The molecule has 2 amide bonds. The number of likely N-dealkylation sites (tertiary alicyclic amines) is 1. The highest BCUT2D eigenvalue weighted by atomic mass is 16.5. The highest BCUT2D eigenvalue weighted by Gasteiger charge is 2.37. The van der Waals surface area contributed by atoms with E-state index in [1.54, 1.807) is 6.20 Å².